The number of para-hydroxylation sites is 1. The van der Waals surface area contributed by atoms with Gasteiger partial charge < -0.3 is 4.42 Å². The summed E-state index contributed by atoms with van der Waals surface area (Å²) < 4.78 is 20.9. The lowest BCUT2D eigenvalue weighted by Gasteiger charge is -2.19. The normalized spacial score (nSPS) is 11.0. The topological polar surface area (TPSA) is 46.3 Å². The maximum Gasteiger partial charge on any atom is 0.260 e. The molecule has 0 radical (unpaired) electrons. The van der Waals surface area contributed by atoms with Crippen LogP contribution in [-0.4, -0.2) is 10.9 Å². The molecule has 0 bridgehead atoms. The van der Waals surface area contributed by atoms with E-state index in [0.717, 1.165) is 4.47 Å². The van der Waals surface area contributed by atoms with Crippen molar-refractivity contribution in [3.63, 3.8) is 0 Å². The van der Waals surface area contributed by atoms with E-state index in [1.807, 2.05) is 6.07 Å². The van der Waals surface area contributed by atoms with Crippen molar-refractivity contribution in [3.8, 4) is 0 Å². The number of nitrogens with zero attached hydrogens (tertiary/aromatic N) is 2. The Balaban J connectivity index is 1.79. The van der Waals surface area contributed by atoms with Gasteiger partial charge in [0.25, 0.3) is 5.91 Å². The third kappa shape index (κ3) is 3.27. The number of aromatic nitrogens is 1. The summed E-state index contributed by atoms with van der Waals surface area (Å²) in [5.74, 6) is -0.0203. The Hall–Kier alpha value is -2.51. The molecule has 0 fully saturated rings. The number of fused-ring (bicyclic) bond motifs is 1. The van der Waals surface area contributed by atoms with Crippen LogP contribution in [0.25, 0.3) is 10.2 Å². The molecule has 2 heterocycles. The summed E-state index contributed by atoms with van der Waals surface area (Å²) in [6.45, 7) is 0.208. The Morgan fingerprint density at radius 1 is 1.19 bits per heavy atom. The number of thiazole rings is 1. The van der Waals surface area contributed by atoms with Gasteiger partial charge >= 0.3 is 0 Å². The molecule has 4 nitrogen and oxygen atoms in total. The first kappa shape index (κ1) is 16.9. The summed E-state index contributed by atoms with van der Waals surface area (Å²) in [6, 6.07) is 15.4. The highest BCUT2D eigenvalue weighted by molar-refractivity contribution is 9.10. The van der Waals surface area contributed by atoms with Gasteiger partial charge in [0.15, 0.2) is 5.13 Å². The van der Waals surface area contributed by atoms with Gasteiger partial charge in [0, 0.05) is 10.0 Å². The molecule has 0 unspecified atom stereocenters. The molecule has 0 aliphatic heterocycles. The number of hydrogen-bond acceptors (Lipinski definition) is 4. The van der Waals surface area contributed by atoms with Gasteiger partial charge in [-0.3, -0.25) is 9.69 Å². The van der Waals surface area contributed by atoms with Gasteiger partial charge in [-0.2, -0.15) is 0 Å². The third-order valence-corrected chi connectivity index (χ3v) is 5.34. The van der Waals surface area contributed by atoms with E-state index in [1.54, 1.807) is 48.7 Å². The summed E-state index contributed by atoms with van der Waals surface area (Å²) in [6.07, 6.45) is 1.55. The standard InChI is InChI=1S/C19H12BrFN2O2S/c20-13-5-1-4-12(10-13)18(24)23(11-14-6-3-9-25-14)19-22-17-15(21)7-2-8-16(17)26-19/h1-10H,11H2. The molecular formula is C19H12BrFN2O2S. The minimum absolute atomic E-state index is 0.208. The minimum atomic E-state index is -0.405. The Morgan fingerprint density at radius 3 is 2.77 bits per heavy atom. The Kier molecular flexibility index (Phi) is 4.57. The molecule has 2 aromatic carbocycles. The van der Waals surface area contributed by atoms with Gasteiger partial charge in [0.1, 0.15) is 17.1 Å². The minimum Gasteiger partial charge on any atom is -0.467 e. The molecule has 26 heavy (non-hydrogen) atoms. The van der Waals surface area contributed by atoms with Crippen molar-refractivity contribution >= 4 is 48.5 Å². The molecule has 0 aliphatic rings. The number of furan rings is 1. The fourth-order valence-electron chi connectivity index (χ4n) is 2.58. The largest absolute Gasteiger partial charge is 0.467 e. The molecule has 0 N–H and O–H groups in total. The van der Waals surface area contributed by atoms with Crippen LogP contribution in [0.3, 0.4) is 0 Å². The highest BCUT2D eigenvalue weighted by atomic mass is 79.9. The lowest BCUT2D eigenvalue weighted by Crippen LogP contribution is -2.30. The Labute approximate surface area is 161 Å². The average molecular weight is 431 g/mol. The SMILES string of the molecule is O=C(c1cccc(Br)c1)N(Cc1ccco1)c1nc2c(F)cccc2s1. The number of carbonyl (C=O) groups excluding carboxylic acids is 1. The summed E-state index contributed by atoms with van der Waals surface area (Å²) in [7, 11) is 0. The second kappa shape index (κ2) is 7.01. The Bertz CT molecular complexity index is 1080. The van der Waals surface area contributed by atoms with Gasteiger partial charge in [-0.15, -0.1) is 0 Å². The summed E-state index contributed by atoms with van der Waals surface area (Å²) in [4.78, 5) is 19.0. The van der Waals surface area contributed by atoms with Crippen molar-refractivity contribution in [1.82, 2.24) is 4.98 Å². The number of amides is 1. The molecule has 0 aliphatic carbocycles. The lowest BCUT2D eigenvalue weighted by molar-refractivity contribution is 0.0983. The van der Waals surface area contributed by atoms with Crippen LogP contribution in [0.5, 0.6) is 0 Å². The molecular weight excluding hydrogens is 419 g/mol. The first-order chi connectivity index (χ1) is 12.6. The lowest BCUT2D eigenvalue weighted by atomic mass is 10.2. The first-order valence-electron chi connectivity index (χ1n) is 7.77. The third-order valence-electron chi connectivity index (χ3n) is 3.80. The smallest absolute Gasteiger partial charge is 0.260 e. The molecule has 4 rings (SSSR count). The van der Waals surface area contributed by atoms with E-state index in [2.05, 4.69) is 20.9 Å². The fourth-order valence-corrected chi connectivity index (χ4v) is 3.96. The predicted molar refractivity (Wildman–Crippen MR) is 103 cm³/mol. The average Bonchev–Trinajstić information content (AvgIpc) is 3.29. The zero-order chi connectivity index (χ0) is 18.1. The highest BCUT2D eigenvalue weighted by Gasteiger charge is 2.23. The van der Waals surface area contributed by atoms with Crippen LogP contribution in [0.1, 0.15) is 16.1 Å². The van der Waals surface area contributed by atoms with E-state index in [9.17, 15) is 9.18 Å². The second-order valence-corrected chi connectivity index (χ2v) is 7.49. The van der Waals surface area contributed by atoms with Gasteiger partial charge in [0.2, 0.25) is 0 Å². The van der Waals surface area contributed by atoms with Gasteiger partial charge in [0.05, 0.1) is 17.5 Å². The quantitative estimate of drug-likeness (QED) is 0.420. The van der Waals surface area contributed by atoms with E-state index in [0.29, 0.717) is 21.2 Å². The zero-order valence-corrected chi connectivity index (χ0v) is 15.8. The molecule has 7 heteroatoms. The second-order valence-electron chi connectivity index (χ2n) is 5.56. The van der Waals surface area contributed by atoms with Crippen molar-refractivity contribution in [2.45, 2.75) is 6.54 Å². The number of carbonyl (C=O) groups is 1. The first-order valence-corrected chi connectivity index (χ1v) is 9.37. The van der Waals surface area contributed by atoms with Crippen LogP contribution in [0.15, 0.2) is 69.8 Å². The van der Waals surface area contributed by atoms with E-state index in [-0.39, 0.29) is 18.0 Å². The van der Waals surface area contributed by atoms with Crippen molar-refractivity contribution in [1.29, 1.82) is 0 Å². The molecule has 130 valence electrons. The van der Waals surface area contributed by atoms with Gasteiger partial charge in [-0.25, -0.2) is 9.37 Å². The van der Waals surface area contributed by atoms with Gasteiger partial charge in [-0.05, 0) is 42.5 Å². The number of hydrogen-bond donors (Lipinski definition) is 0. The predicted octanol–water partition coefficient (Wildman–Crippen LogP) is 5.64. The van der Waals surface area contributed by atoms with E-state index in [4.69, 9.17) is 4.42 Å². The van der Waals surface area contributed by atoms with Crippen LogP contribution in [0.4, 0.5) is 9.52 Å². The van der Waals surface area contributed by atoms with Crippen LogP contribution >= 0.6 is 27.3 Å². The van der Waals surface area contributed by atoms with E-state index < -0.39 is 5.82 Å². The summed E-state index contributed by atoms with van der Waals surface area (Å²) in [5, 5.41) is 0.423. The summed E-state index contributed by atoms with van der Waals surface area (Å²) >= 11 is 4.65. The summed E-state index contributed by atoms with van der Waals surface area (Å²) in [5.41, 5.74) is 0.768. The fraction of sp³-hybridized carbons (Fsp3) is 0.0526. The number of anilines is 1. The molecule has 4 aromatic rings. The molecule has 0 spiro atoms. The number of rotatable bonds is 4. The van der Waals surface area contributed by atoms with E-state index >= 15 is 0 Å². The Morgan fingerprint density at radius 2 is 2.04 bits per heavy atom. The van der Waals surface area contributed by atoms with Crippen LogP contribution in [0, 0.1) is 5.82 Å². The maximum atomic E-state index is 14.0. The highest BCUT2D eigenvalue weighted by Crippen LogP contribution is 2.32. The van der Waals surface area contributed by atoms with E-state index in [1.165, 1.54) is 22.3 Å². The van der Waals surface area contributed by atoms with Crippen molar-refractivity contribution in [2.24, 2.45) is 0 Å². The molecule has 0 atom stereocenters. The molecule has 0 saturated carbocycles. The maximum absolute atomic E-state index is 14.0. The van der Waals surface area contributed by atoms with Crippen molar-refractivity contribution in [3.05, 3.63) is 82.5 Å². The zero-order valence-electron chi connectivity index (χ0n) is 13.4. The number of halogens is 2. The van der Waals surface area contributed by atoms with Crippen LogP contribution < -0.4 is 4.90 Å². The van der Waals surface area contributed by atoms with Crippen molar-refractivity contribution < 1.29 is 13.6 Å². The van der Waals surface area contributed by atoms with Crippen LogP contribution in [0.2, 0.25) is 0 Å². The molecule has 0 saturated heterocycles. The van der Waals surface area contributed by atoms with Crippen LogP contribution in [-0.2, 0) is 6.54 Å². The molecule has 1 amide bonds. The van der Waals surface area contributed by atoms with Crippen molar-refractivity contribution in [2.75, 3.05) is 4.90 Å². The number of benzene rings is 2. The monoisotopic (exact) mass is 430 g/mol. The van der Waals surface area contributed by atoms with Gasteiger partial charge in [-0.1, -0.05) is 39.4 Å². The molecule has 2 aromatic heterocycles.